The minimum absolute atomic E-state index is 0.336. The van der Waals surface area contributed by atoms with Gasteiger partial charge in [0.05, 0.1) is 12.8 Å². The van der Waals surface area contributed by atoms with Gasteiger partial charge in [-0.25, -0.2) is 4.79 Å². The van der Waals surface area contributed by atoms with Crippen LogP contribution in [0.3, 0.4) is 0 Å². The first kappa shape index (κ1) is 13.5. The molecule has 1 heterocycles. The second kappa shape index (κ2) is 5.01. The highest BCUT2D eigenvalue weighted by Gasteiger charge is 2.26. The Labute approximate surface area is 114 Å². The average molecular weight is 274 g/mol. The number of methoxy groups -OCH3 is 1. The fourth-order valence-corrected chi connectivity index (χ4v) is 3.18. The highest BCUT2D eigenvalue weighted by atomic mass is 28.3. The Balaban J connectivity index is 2.55. The SMILES string of the molecule is COC(=O)c1cc(-c2ccccc2)nn1[Si](C)(C)C. The number of rotatable bonds is 3. The van der Waals surface area contributed by atoms with Gasteiger partial charge in [0.1, 0.15) is 5.69 Å². The van der Waals surface area contributed by atoms with Gasteiger partial charge in [-0.3, -0.25) is 4.35 Å². The van der Waals surface area contributed by atoms with E-state index < -0.39 is 8.24 Å². The Morgan fingerprint density at radius 2 is 1.84 bits per heavy atom. The van der Waals surface area contributed by atoms with Gasteiger partial charge >= 0.3 is 5.97 Å². The molecule has 0 spiro atoms. The van der Waals surface area contributed by atoms with Crippen LogP contribution in [0, 0.1) is 0 Å². The van der Waals surface area contributed by atoms with Gasteiger partial charge in [-0.05, 0) is 25.7 Å². The molecule has 0 radical (unpaired) electrons. The first-order valence-electron chi connectivity index (χ1n) is 6.18. The Morgan fingerprint density at radius 1 is 1.21 bits per heavy atom. The van der Waals surface area contributed by atoms with Gasteiger partial charge in [0.25, 0.3) is 0 Å². The van der Waals surface area contributed by atoms with Gasteiger partial charge in [-0.15, -0.1) is 0 Å². The summed E-state index contributed by atoms with van der Waals surface area (Å²) in [6.45, 7) is 6.42. The highest BCUT2D eigenvalue weighted by molar-refractivity contribution is 6.74. The van der Waals surface area contributed by atoms with Crippen LogP contribution in [-0.2, 0) is 4.74 Å². The third-order valence-corrected chi connectivity index (χ3v) is 4.42. The van der Waals surface area contributed by atoms with Crippen LogP contribution in [0.25, 0.3) is 11.3 Å². The van der Waals surface area contributed by atoms with Crippen LogP contribution >= 0.6 is 0 Å². The summed E-state index contributed by atoms with van der Waals surface area (Å²) < 4.78 is 6.69. The number of ether oxygens (including phenoxy) is 1. The van der Waals surface area contributed by atoms with Crippen molar-refractivity contribution in [3.63, 3.8) is 0 Å². The van der Waals surface area contributed by atoms with Crippen molar-refractivity contribution < 1.29 is 9.53 Å². The lowest BCUT2D eigenvalue weighted by molar-refractivity contribution is 0.0591. The Hall–Kier alpha value is -1.88. The lowest BCUT2D eigenvalue weighted by Crippen LogP contribution is -2.36. The molecule has 0 saturated heterocycles. The number of carbonyl (C=O) groups excluding carboxylic acids is 1. The average Bonchev–Trinajstić information content (AvgIpc) is 2.84. The molecule has 0 N–H and O–H groups in total. The largest absolute Gasteiger partial charge is 0.464 e. The molecule has 1 aromatic carbocycles. The lowest BCUT2D eigenvalue weighted by Gasteiger charge is -2.18. The minimum atomic E-state index is -1.76. The van der Waals surface area contributed by atoms with E-state index in [0.29, 0.717) is 5.69 Å². The predicted molar refractivity (Wildman–Crippen MR) is 77.7 cm³/mol. The molecule has 0 aliphatic heterocycles. The van der Waals surface area contributed by atoms with Gasteiger partial charge in [0, 0.05) is 5.56 Å². The molecule has 0 aliphatic rings. The van der Waals surface area contributed by atoms with Gasteiger partial charge in [0.15, 0.2) is 8.24 Å². The van der Waals surface area contributed by atoms with E-state index in [4.69, 9.17) is 4.74 Å². The van der Waals surface area contributed by atoms with Crippen LogP contribution in [-0.4, -0.2) is 30.8 Å². The van der Waals surface area contributed by atoms with Crippen molar-refractivity contribution >= 4 is 14.2 Å². The minimum Gasteiger partial charge on any atom is -0.464 e. The molecule has 1 aromatic heterocycles. The summed E-state index contributed by atoms with van der Waals surface area (Å²) in [4.78, 5) is 11.9. The number of carbonyl (C=O) groups is 1. The summed E-state index contributed by atoms with van der Waals surface area (Å²) in [6, 6.07) is 11.6. The first-order valence-corrected chi connectivity index (χ1v) is 9.62. The highest BCUT2D eigenvalue weighted by Crippen LogP contribution is 2.21. The molecule has 100 valence electrons. The Morgan fingerprint density at radius 3 is 2.37 bits per heavy atom. The molecule has 4 nitrogen and oxygen atoms in total. The van der Waals surface area contributed by atoms with E-state index in [1.165, 1.54) is 7.11 Å². The summed E-state index contributed by atoms with van der Waals surface area (Å²) in [5, 5.41) is 4.60. The second-order valence-electron chi connectivity index (χ2n) is 5.36. The van der Waals surface area contributed by atoms with Crippen LogP contribution in [0.1, 0.15) is 10.5 Å². The van der Waals surface area contributed by atoms with Crippen molar-refractivity contribution in [1.82, 2.24) is 9.45 Å². The van der Waals surface area contributed by atoms with E-state index in [9.17, 15) is 4.79 Å². The van der Waals surface area contributed by atoms with E-state index >= 15 is 0 Å². The lowest BCUT2D eigenvalue weighted by atomic mass is 10.1. The number of benzene rings is 1. The standard InChI is InChI=1S/C14H18N2O2Si/c1-18-14(17)13-10-12(11-8-6-5-7-9-11)15-16(13)19(2,3)4/h5-10H,1-4H3. The Kier molecular flexibility index (Phi) is 3.57. The maximum Gasteiger partial charge on any atom is 0.355 e. The Bertz CT molecular complexity index is 585. The van der Waals surface area contributed by atoms with E-state index in [1.54, 1.807) is 6.07 Å². The second-order valence-corrected chi connectivity index (χ2v) is 10.1. The van der Waals surface area contributed by atoms with Gasteiger partial charge < -0.3 is 4.74 Å². The third-order valence-electron chi connectivity index (χ3n) is 2.81. The van der Waals surface area contributed by atoms with Gasteiger partial charge in [-0.2, -0.15) is 5.10 Å². The zero-order valence-corrected chi connectivity index (χ0v) is 12.7. The van der Waals surface area contributed by atoms with Crippen molar-refractivity contribution in [2.45, 2.75) is 19.6 Å². The van der Waals surface area contributed by atoms with E-state index in [1.807, 2.05) is 34.7 Å². The molecule has 0 saturated carbocycles. The summed E-state index contributed by atoms with van der Waals surface area (Å²) in [5.41, 5.74) is 2.34. The summed E-state index contributed by atoms with van der Waals surface area (Å²) >= 11 is 0. The number of hydrogen-bond donors (Lipinski definition) is 0. The quantitative estimate of drug-likeness (QED) is 0.638. The predicted octanol–water partition coefficient (Wildman–Crippen LogP) is 3.02. The zero-order valence-electron chi connectivity index (χ0n) is 11.7. The fraction of sp³-hybridized carbons (Fsp3) is 0.286. The number of esters is 1. The topological polar surface area (TPSA) is 44.1 Å². The maximum absolute atomic E-state index is 11.9. The molecule has 19 heavy (non-hydrogen) atoms. The normalized spacial score (nSPS) is 11.4. The van der Waals surface area contributed by atoms with Gasteiger partial charge in [0.2, 0.25) is 0 Å². The fourth-order valence-electron chi connectivity index (χ4n) is 1.89. The van der Waals surface area contributed by atoms with Gasteiger partial charge in [-0.1, -0.05) is 30.3 Å². The molecule has 2 aromatic rings. The van der Waals surface area contributed by atoms with E-state index in [2.05, 4.69) is 24.7 Å². The van der Waals surface area contributed by atoms with Crippen molar-refractivity contribution in [3.05, 3.63) is 42.1 Å². The van der Waals surface area contributed by atoms with Crippen LogP contribution in [0.5, 0.6) is 0 Å². The summed E-state index contributed by atoms with van der Waals surface area (Å²) in [7, 11) is -0.369. The molecule has 0 bridgehead atoms. The van der Waals surface area contributed by atoms with Crippen molar-refractivity contribution in [2.24, 2.45) is 0 Å². The summed E-state index contributed by atoms with van der Waals surface area (Å²) in [5.74, 6) is -0.336. The monoisotopic (exact) mass is 274 g/mol. The molecule has 2 rings (SSSR count). The number of nitrogens with zero attached hydrogens (tertiary/aromatic N) is 2. The van der Waals surface area contributed by atoms with Crippen molar-refractivity contribution in [2.75, 3.05) is 7.11 Å². The molecule has 0 amide bonds. The molecule has 0 unspecified atom stereocenters. The molecule has 5 heteroatoms. The summed E-state index contributed by atoms with van der Waals surface area (Å²) in [6.07, 6.45) is 0. The smallest absolute Gasteiger partial charge is 0.355 e. The number of hydrogen-bond acceptors (Lipinski definition) is 3. The zero-order chi connectivity index (χ0) is 14.0. The molecule has 0 atom stereocenters. The van der Waals surface area contributed by atoms with Crippen LogP contribution < -0.4 is 0 Å². The van der Waals surface area contributed by atoms with E-state index in [0.717, 1.165) is 11.3 Å². The van der Waals surface area contributed by atoms with Crippen molar-refractivity contribution in [1.29, 1.82) is 0 Å². The number of aromatic nitrogens is 2. The van der Waals surface area contributed by atoms with Crippen LogP contribution in [0.15, 0.2) is 36.4 Å². The molecule has 0 fully saturated rings. The van der Waals surface area contributed by atoms with Crippen LogP contribution in [0.2, 0.25) is 19.6 Å². The first-order chi connectivity index (χ1) is 8.93. The molecular weight excluding hydrogens is 256 g/mol. The molecular formula is C14H18N2O2Si. The third kappa shape index (κ3) is 2.76. The van der Waals surface area contributed by atoms with Crippen LogP contribution in [0.4, 0.5) is 0 Å². The maximum atomic E-state index is 11.9. The molecule has 0 aliphatic carbocycles. The van der Waals surface area contributed by atoms with E-state index in [-0.39, 0.29) is 5.97 Å². The van der Waals surface area contributed by atoms with Crippen molar-refractivity contribution in [3.8, 4) is 11.3 Å².